The van der Waals surface area contributed by atoms with Gasteiger partial charge < -0.3 is 0 Å². The maximum Gasteiger partial charge on any atom is -0.00851 e. The zero-order valence-corrected chi connectivity index (χ0v) is 24.6. The Labute approximate surface area is 210 Å². The maximum absolute atomic E-state index is 2.75. The average molecular weight is 459 g/mol. The van der Waals surface area contributed by atoms with Gasteiger partial charge in [0.15, 0.2) is 0 Å². The van der Waals surface area contributed by atoms with E-state index in [-0.39, 0.29) is 0 Å². The van der Waals surface area contributed by atoms with E-state index in [4.69, 9.17) is 0 Å². The van der Waals surface area contributed by atoms with Gasteiger partial charge in [0, 0.05) is 0 Å². The highest BCUT2D eigenvalue weighted by Gasteiger charge is 2.58. The zero-order chi connectivity index (χ0) is 24.8. The minimum atomic E-state index is 0.556. The van der Waals surface area contributed by atoms with Gasteiger partial charge in [-0.15, -0.1) is 0 Å². The first-order valence-electron chi connectivity index (χ1n) is 15.5. The summed E-state index contributed by atoms with van der Waals surface area (Å²) in [7, 11) is 0. The Hall–Kier alpha value is -0.260. The van der Waals surface area contributed by atoms with Gasteiger partial charge in [0.25, 0.3) is 0 Å². The summed E-state index contributed by atoms with van der Waals surface area (Å²) < 4.78 is 0. The van der Waals surface area contributed by atoms with Crippen molar-refractivity contribution in [3.63, 3.8) is 0 Å². The van der Waals surface area contributed by atoms with Crippen LogP contribution in [0.3, 0.4) is 0 Å². The van der Waals surface area contributed by atoms with Crippen molar-refractivity contribution >= 4 is 0 Å². The van der Waals surface area contributed by atoms with Gasteiger partial charge in [-0.05, 0) is 110 Å². The van der Waals surface area contributed by atoms with Crippen LogP contribution in [0.15, 0.2) is 11.6 Å². The molecule has 3 saturated carbocycles. The maximum atomic E-state index is 2.75. The molecule has 0 aromatic carbocycles. The summed E-state index contributed by atoms with van der Waals surface area (Å²) in [5, 5.41) is 0. The molecule has 0 aromatic heterocycles. The number of allylic oxidation sites excluding steroid dienone is 2. The quantitative estimate of drug-likeness (QED) is 0.347. The molecule has 4 rings (SSSR count). The molecule has 0 N–H and O–H groups in total. The lowest BCUT2D eigenvalue weighted by atomic mass is 9.47. The molecule has 0 bridgehead atoms. The largest absolute Gasteiger partial charge is 0.0845 e. The third-order valence-electron chi connectivity index (χ3n) is 11.1. The summed E-state index contributed by atoms with van der Waals surface area (Å²) in [6.45, 7) is 23.1. The first-order chi connectivity index (χ1) is 15.8. The van der Waals surface area contributed by atoms with Crippen LogP contribution in [0.2, 0.25) is 0 Å². The summed E-state index contributed by atoms with van der Waals surface area (Å²) in [5.41, 5.74) is 3.08. The highest BCUT2D eigenvalue weighted by molar-refractivity contribution is 5.25. The Morgan fingerprint density at radius 2 is 1.64 bits per heavy atom. The predicted molar refractivity (Wildman–Crippen MR) is 150 cm³/mol. The Balaban J connectivity index is 0.000000914. The van der Waals surface area contributed by atoms with Crippen molar-refractivity contribution in [2.75, 3.05) is 0 Å². The van der Waals surface area contributed by atoms with Crippen LogP contribution < -0.4 is 0 Å². The molecule has 8 atom stereocenters. The average Bonchev–Trinajstić information content (AvgIpc) is 3.16. The lowest BCUT2D eigenvalue weighted by Gasteiger charge is -2.58. The summed E-state index contributed by atoms with van der Waals surface area (Å²) >= 11 is 0. The first-order valence-corrected chi connectivity index (χ1v) is 15.5. The van der Waals surface area contributed by atoms with E-state index in [1.807, 2.05) is 33.3 Å². The Morgan fingerprint density at radius 1 is 0.939 bits per heavy atom. The molecule has 0 nitrogen and oxygen atoms in total. The van der Waals surface area contributed by atoms with Crippen molar-refractivity contribution in [3.8, 4) is 0 Å². The van der Waals surface area contributed by atoms with Crippen molar-refractivity contribution in [2.24, 2.45) is 52.3 Å². The van der Waals surface area contributed by atoms with E-state index >= 15 is 0 Å². The topological polar surface area (TPSA) is 0 Å². The molecule has 0 amide bonds. The highest BCUT2D eigenvalue weighted by Crippen LogP contribution is 2.67. The fourth-order valence-electron chi connectivity index (χ4n) is 9.06. The van der Waals surface area contributed by atoms with Crippen LogP contribution in [0.1, 0.15) is 146 Å². The van der Waals surface area contributed by atoms with E-state index in [9.17, 15) is 0 Å². The van der Waals surface area contributed by atoms with Crippen molar-refractivity contribution in [1.29, 1.82) is 0 Å². The molecule has 0 radical (unpaired) electrons. The Morgan fingerprint density at radius 3 is 2.27 bits per heavy atom. The summed E-state index contributed by atoms with van der Waals surface area (Å²) in [5.74, 6) is 6.77. The smallest absolute Gasteiger partial charge is 0.00851 e. The van der Waals surface area contributed by atoms with Crippen LogP contribution in [0.25, 0.3) is 0 Å². The van der Waals surface area contributed by atoms with E-state index in [1.165, 1.54) is 70.6 Å². The van der Waals surface area contributed by atoms with Crippen molar-refractivity contribution in [3.05, 3.63) is 11.6 Å². The van der Waals surface area contributed by atoms with E-state index in [1.54, 1.807) is 6.42 Å². The number of hydrogen-bond donors (Lipinski definition) is 0. The van der Waals surface area contributed by atoms with Gasteiger partial charge >= 0.3 is 0 Å². The number of hydrogen-bond acceptors (Lipinski definition) is 0. The summed E-state index contributed by atoms with van der Waals surface area (Å²) in [6.07, 6.45) is 20.5. The van der Waals surface area contributed by atoms with Crippen LogP contribution >= 0.6 is 0 Å². The molecule has 0 aliphatic heterocycles. The third-order valence-corrected chi connectivity index (χ3v) is 11.1. The molecule has 194 valence electrons. The van der Waals surface area contributed by atoms with Crippen molar-refractivity contribution < 1.29 is 0 Å². The van der Waals surface area contributed by atoms with Gasteiger partial charge in [-0.25, -0.2) is 0 Å². The van der Waals surface area contributed by atoms with Crippen LogP contribution in [0.4, 0.5) is 0 Å². The van der Waals surface area contributed by atoms with Gasteiger partial charge in [-0.3, -0.25) is 0 Å². The third kappa shape index (κ3) is 5.77. The molecule has 5 unspecified atom stereocenters. The molecule has 0 spiro atoms. The van der Waals surface area contributed by atoms with Crippen LogP contribution in [0.5, 0.6) is 0 Å². The lowest BCUT2D eigenvalue weighted by molar-refractivity contribution is -0.0452. The molecule has 0 saturated heterocycles. The standard InChI is InChI=1S/C29H50.2C2H6/c1-7-22(20(2)3)9-8-10-23-12-14-26-25-13-11-24-19-21(4)15-17-29(24,6)27(25)16-18-28(23,26)5;2*1-2/h11,20-23,25-27H,7-10,12-19H2,1-6H3;2*1-2H3/t21-,22?,23?,25?,26?,27?,28+,29-;;/m0../s1. The predicted octanol–water partition coefficient (Wildman–Crippen LogP) is 11.1. The van der Waals surface area contributed by atoms with Gasteiger partial charge in [0.2, 0.25) is 0 Å². The fourth-order valence-corrected chi connectivity index (χ4v) is 9.06. The Bertz CT molecular complexity index is 599. The van der Waals surface area contributed by atoms with Crippen LogP contribution in [-0.2, 0) is 0 Å². The zero-order valence-electron chi connectivity index (χ0n) is 24.6. The highest BCUT2D eigenvalue weighted by atomic mass is 14.6. The van der Waals surface area contributed by atoms with Gasteiger partial charge in [0.05, 0.1) is 0 Å². The van der Waals surface area contributed by atoms with E-state index in [0.717, 1.165) is 41.4 Å². The van der Waals surface area contributed by atoms with Gasteiger partial charge in [-0.1, -0.05) is 100 Å². The van der Waals surface area contributed by atoms with Gasteiger partial charge in [0.1, 0.15) is 0 Å². The minimum absolute atomic E-state index is 0.556. The molecule has 33 heavy (non-hydrogen) atoms. The number of rotatable bonds is 6. The lowest BCUT2D eigenvalue weighted by Crippen LogP contribution is -2.49. The summed E-state index contributed by atoms with van der Waals surface area (Å²) in [4.78, 5) is 0. The molecular formula is C33H62. The Kier molecular flexibility index (Phi) is 11.1. The van der Waals surface area contributed by atoms with E-state index < -0.39 is 0 Å². The summed E-state index contributed by atoms with van der Waals surface area (Å²) in [6, 6.07) is 0. The second-order valence-electron chi connectivity index (χ2n) is 12.8. The van der Waals surface area contributed by atoms with Crippen LogP contribution in [0, 0.1) is 52.3 Å². The molecule has 4 aliphatic rings. The fraction of sp³-hybridized carbons (Fsp3) is 0.939. The van der Waals surface area contributed by atoms with E-state index in [2.05, 4.69) is 47.6 Å². The monoisotopic (exact) mass is 458 g/mol. The molecule has 3 fully saturated rings. The second-order valence-corrected chi connectivity index (χ2v) is 12.8. The molecule has 0 heterocycles. The normalized spacial score (nSPS) is 40.2. The van der Waals surface area contributed by atoms with Crippen LogP contribution in [-0.4, -0.2) is 0 Å². The van der Waals surface area contributed by atoms with E-state index in [0.29, 0.717) is 10.8 Å². The molecular weight excluding hydrogens is 396 g/mol. The number of fused-ring (bicyclic) bond motifs is 5. The van der Waals surface area contributed by atoms with Gasteiger partial charge in [-0.2, -0.15) is 0 Å². The first kappa shape index (κ1) is 29.0. The minimum Gasteiger partial charge on any atom is -0.0845 e. The second kappa shape index (κ2) is 12.6. The molecule has 4 aliphatic carbocycles. The van der Waals surface area contributed by atoms with Crippen molar-refractivity contribution in [1.82, 2.24) is 0 Å². The SMILES string of the molecule is CC.CC.CCC(CCCC1CCC2C3CC=C4C[C@@H](C)CC[C@]4(C)C3CC[C@]12C)C(C)C. The van der Waals surface area contributed by atoms with Crippen molar-refractivity contribution in [2.45, 2.75) is 146 Å². The molecule has 0 aromatic rings. The molecule has 0 heteroatoms.